The zero-order valence-corrected chi connectivity index (χ0v) is 13.0. The second-order valence-corrected chi connectivity index (χ2v) is 7.36. The Morgan fingerprint density at radius 3 is 2.52 bits per heavy atom. The molecule has 0 amide bonds. The van der Waals surface area contributed by atoms with Crippen molar-refractivity contribution in [2.45, 2.75) is 32.7 Å². The molecule has 0 fully saturated rings. The normalized spacial score (nSPS) is 15.9. The number of sulfonamides is 1. The Morgan fingerprint density at radius 1 is 1.10 bits per heavy atom. The van der Waals surface area contributed by atoms with Crippen molar-refractivity contribution in [1.29, 1.82) is 0 Å². The van der Waals surface area contributed by atoms with Gasteiger partial charge in [-0.2, -0.15) is 4.31 Å². The Balaban J connectivity index is 1.78. The van der Waals surface area contributed by atoms with Gasteiger partial charge in [0.15, 0.2) is 0 Å². The van der Waals surface area contributed by atoms with Crippen LogP contribution < -0.4 is 0 Å². The molecule has 21 heavy (non-hydrogen) atoms. The van der Waals surface area contributed by atoms with Crippen LogP contribution in [0.25, 0.3) is 0 Å². The molecule has 1 aromatic heterocycles. The van der Waals surface area contributed by atoms with Gasteiger partial charge in [0.2, 0.25) is 10.0 Å². The smallest absolute Gasteiger partial charge is 0.218 e. The minimum atomic E-state index is -3.33. The average Bonchev–Trinajstić information content (AvgIpc) is 2.82. The van der Waals surface area contributed by atoms with Crippen LogP contribution in [0.4, 0.5) is 0 Å². The van der Waals surface area contributed by atoms with Crippen molar-refractivity contribution in [2.75, 3.05) is 6.54 Å². The number of aromatic nitrogens is 3. The van der Waals surface area contributed by atoms with Crippen LogP contribution in [0.2, 0.25) is 0 Å². The molecule has 0 bridgehead atoms. The number of aryl methyl sites for hydroxylation is 2. The molecule has 6 nitrogen and oxygen atoms in total. The van der Waals surface area contributed by atoms with Crippen molar-refractivity contribution in [1.82, 2.24) is 19.1 Å². The van der Waals surface area contributed by atoms with Crippen LogP contribution in [-0.4, -0.2) is 34.0 Å². The van der Waals surface area contributed by atoms with Crippen LogP contribution in [0.15, 0.2) is 24.3 Å². The summed E-state index contributed by atoms with van der Waals surface area (Å²) in [6.07, 6.45) is 0. The van der Waals surface area contributed by atoms with Crippen molar-refractivity contribution in [2.24, 2.45) is 0 Å². The molecule has 2 heterocycles. The molecule has 0 N–H and O–H groups in total. The van der Waals surface area contributed by atoms with Crippen molar-refractivity contribution >= 4 is 10.0 Å². The summed E-state index contributed by atoms with van der Waals surface area (Å²) in [7, 11) is -3.33. The summed E-state index contributed by atoms with van der Waals surface area (Å²) in [5.41, 5.74) is 1.93. The zero-order valence-electron chi connectivity index (χ0n) is 12.2. The lowest BCUT2D eigenvalue weighted by atomic mass is 10.2. The van der Waals surface area contributed by atoms with E-state index in [1.165, 1.54) is 4.31 Å². The molecular weight excluding hydrogens is 288 g/mol. The van der Waals surface area contributed by atoms with E-state index in [1.807, 2.05) is 42.7 Å². The first-order valence-corrected chi connectivity index (χ1v) is 8.49. The van der Waals surface area contributed by atoms with Crippen LogP contribution in [0.5, 0.6) is 0 Å². The van der Waals surface area contributed by atoms with Gasteiger partial charge in [-0.15, -0.1) is 10.2 Å². The van der Waals surface area contributed by atoms with Gasteiger partial charge in [0, 0.05) is 13.1 Å². The molecule has 1 aliphatic rings. The van der Waals surface area contributed by atoms with E-state index in [1.54, 1.807) is 0 Å². The highest BCUT2D eigenvalue weighted by Gasteiger charge is 2.28. The van der Waals surface area contributed by atoms with Crippen LogP contribution >= 0.6 is 0 Å². The molecule has 0 radical (unpaired) electrons. The van der Waals surface area contributed by atoms with Crippen LogP contribution in [0, 0.1) is 13.8 Å². The van der Waals surface area contributed by atoms with Gasteiger partial charge in [0.1, 0.15) is 11.6 Å². The lowest BCUT2D eigenvalue weighted by Crippen LogP contribution is -2.39. The van der Waals surface area contributed by atoms with Gasteiger partial charge < -0.3 is 4.57 Å². The van der Waals surface area contributed by atoms with Gasteiger partial charge in [-0.25, -0.2) is 8.42 Å². The summed E-state index contributed by atoms with van der Waals surface area (Å²) in [4.78, 5) is 0. The summed E-state index contributed by atoms with van der Waals surface area (Å²) in [5, 5.41) is 8.05. The third kappa shape index (κ3) is 2.84. The van der Waals surface area contributed by atoms with Crippen molar-refractivity contribution in [3.05, 3.63) is 47.0 Å². The average molecular weight is 306 g/mol. The van der Waals surface area contributed by atoms with Crippen LogP contribution in [-0.2, 0) is 28.9 Å². The second-order valence-electron chi connectivity index (χ2n) is 5.39. The molecule has 0 aliphatic carbocycles. The first-order valence-electron chi connectivity index (χ1n) is 6.88. The van der Waals surface area contributed by atoms with E-state index in [0.29, 0.717) is 25.5 Å². The van der Waals surface area contributed by atoms with Gasteiger partial charge in [-0.1, -0.05) is 29.8 Å². The Labute approximate surface area is 124 Å². The van der Waals surface area contributed by atoms with Gasteiger partial charge >= 0.3 is 0 Å². The first-order chi connectivity index (χ1) is 9.95. The molecule has 112 valence electrons. The predicted molar refractivity (Wildman–Crippen MR) is 79.0 cm³/mol. The molecule has 0 unspecified atom stereocenters. The van der Waals surface area contributed by atoms with Gasteiger partial charge in [0.05, 0.1) is 12.3 Å². The molecule has 0 saturated heterocycles. The minimum absolute atomic E-state index is 0.0282. The van der Waals surface area contributed by atoms with E-state index in [9.17, 15) is 8.42 Å². The van der Waals surface area contributed by atoms with Crippen molar-refractivity contribution in [3.63, 3.8) is 0 Å². The minimum Gasteiger partial charge on any atom is -0.313 e. The predicted octanol–water partition coefficient (Wildman–Crippen LogP) is 1.24. The summed E-state index contributed by atoms with van der Waals surface area (Å²) >= 11 is 0. The third-order valence-electron chi connectivity index (χ3n) is 3.77. The molecule has 1 aromatic carbocycles. The summed E-state index contributed by atoms with van der Waals surface area (Å²) in [5.74, 6) is 1.58. The monoisotopic (exact) mass is 306 g/mol. The third-order valence-corrected chi connectivity index (χ3v) is 5.56. The maximum Gasteiger partial charge on any atom is 0.218 e. The number of fused-ring (bicyclic) bond motifs is 1. The number of hydrogen-bond donors (Lipinski definition) is 0. The lowest BCUT2D eigenvalue weighted by Gasteiger charge is -2.26. The molecule has 1 aliphatic heterocycles. The Bertz CT molecular complexity index is 750. The quantitative estimate of drug-likeness (QED) is 0.855. The Hall–Kier alpha value is -1.73. The highest BCUT2D eigenvalue weighted by molar-refractivity contribution is 7.88. The second kappa shape index (κ2) is 5.23. The molecule has 0 spiro atoms. The SMILES string of the molecule is Cc1ccc(CS(=O)(=O)N2CCn3c(C)nnc3C2)cc1. The van der Waals surface area contributed by atoms with Crippen LogP contribution in [0.3, 0.4) is 0 Å². The van der Waals surface area contributed by atoms with Crippen molar-refractivity contribution in [3.8, 4) is 0 Å². The Kier molecular flexibility index (Phi) is 3.54. The van der Waals surface area contributed by atoms with Crippen LogP contribution in [0.1, 0.15) is 22.8 Å². The van der Waals surface area contributed by atoms with E-state index in [0.717, 1.165) is 17.0 Å². The number of rotatable bonds is 3. The largest absolute Gasteiger partial charge is 0.313 e. The highest BCUT2D eigenvalue weighted by atomic mass is 32.2. The van der Waals surface area contributed by atoms with E-state index in [-0.39, 0.29) is 5.75 Å². The van der Waals surface area contributed by atoms with Gasteiger partial charge in [-0.3, -0.25) is 0 Å². The molecule has 3 rings (SSSR count). The maximum absolute atomic E-state index is 12.5. The highest BCUT2D eigenvalue weighted by Crippen LogP contribution is 2.18. The lowest BCUT2D eigenvalue weighted by molar-refractivity contribution is 0.333. The zero-order chi connectivity index (χ0) is 15.0. The molecular formula is C14H18N4O2S. The number of nitrogens with zero attached hydrogens (tertiary/aromatic N) is 4. The molecule has 0 atom stereocenters. The summed E-state index contributed by atoms with van der Waals surface area (Å²) in [6.45, 7) is 5.25. The number of benzene rings is 1. The summed E-state index contributed by atoms with van der Waals surface area (Å²) < 4.78 is 28.5. The van der Waals surface area contributed by atoms with Gasteiger partial charge in [-0.05, 0) is 19.4 Å². The van der Waals surface area contributed by atoms with E-state index < -0.39 is 10.0 Å². The number of hydrogen-bond acceptors (Lipinski definition) is 4. The van der Waals surface area contributed by atoms with E-state index in [2.05, 4.69) is 10.2 Å². The van der Waals surface area contributed by atoms with Crippen molar-refractivity contribution < 1.29 is 8.42 Å². The fourth-order valence-electron chi connectivity index (χ4n) is 2.50. The summed E-state index contributed by atoms with van der Waals surface area (Å²) in [6, 6.07) is 7.59. The Morgan fingerprint density at radius 2 is 1.81 bits per heavy atom. The van der Waals surface area contributed by atoms with E-state index in [4.69, 9.17) is 0 Å². The fraction of sp³-hybridized carbons (Fsp3) is 0.429. The molecule has 0 saturated carbocycles. The van der Waals surface area contributed by atoms with E-state index >= 15 is 0 Å². The topological polar surface area (TPSA) is 68.1 Å². The maximum atomic E-state index is 12.5. The van der Waals surface area contributed by atoms with Gasteiger partial charge in [0.25, 0.3) is 0 Å². The molecule has 7 heteroatoms. The standard InChI is InChI=1S/C14H18N4O2S/c1-11-3-5-13(6-4-11)10-21(19,20)17-7-8-18-12(2)15-16-14(18)9-17/h3-6H,7-10H2,1-2H3. The molecule has 2 aromatic rings. The first kappa shape index (κ1) is 14.2. The fourth-order valence-corrected chi connectivity index (χ4v) is 3.97.